The first-order chi connectivity index (χ1) is 15.4. The van der Waals surface area contributed by atoms with E-state index in [1.165, 1.54) is 59.0 Å². The van der Waals surface area contributed by atoms with Crippen molar-refractivity contribution in [2.75, 3.05) is 13.1 Å². The van der Waals surface area contributed by atoms with Crippen LogP contribution >= 0.6 is 0 Å². The summed E-state index contributed by atoms with van der Waals surface area (Å²) in [6, 6.07) is 11.0. The second-order valence-electron chi connectivity index (χ2n) is 7.21. The van der Waals surface area contributed by atoms with Gasteiger partial charge in [0.05, 0.1) is 22.3 Å². The molecule has 0 radical (unpaired) electrons. The minimum absolute atomic E-state index is 0.113. The molecule has 3 aromatic rings. The van der Waals surface area contributed by atoms with Crippen LogP contribution in [0.1, 0.15) is 33.6 Å². The molecule has 2 amide bonds. The fraction of sp³-hybridized carbons (Fsp3) is 0.190. The molecule has 1 aliphatic heterocycles. The fourth-order valence-corrected chi connectivity index (χ4v) is 4.92. The van der Waals surface area contributed by atoms with E-state index in [9.17, 15) is 22.4 Å². The van der Waals surface area contributed by atoms with E-state index in [1.54, 1.807) is 0 Å². The second-order valence-corrected chi connectivity index (χ2v) is 9.15. The maximum atomic E-state index is 13.1. The summed E-state index contributed by atoms with van der Waals surface area (Å²) in [6.45, 7) is 0.981. The van der Waals surface area contributed by atoms with Crippen molar-refractivity contribution in [2.45, 2.75) is 17.7 Å². The van der Waals surface area contributed by atoms with Gasteiger partial charge in [-0.15, -0.1) is 0 Å². The fourth-order valence-electron chi connectivity index (χ4n) is 3.40. The highest BCUT2D eigenvalue weighted by atomic mass is 32.2. The van der Waals surface area contributed by atoms with Gasteiger partial charge in [0.25, 0.3) is 11.8 Å². The molecule has 1 aliphatic rings. The summed E-state index contributed by atoms with van der Waals surface area (Å²) >= 11 is 0. The van der Waals surface area contributed by atoms with Crippen molar-refractivity contribution in [1.82, 2.24) is 25.4 Å². The van der Waals surface area contributed by atoms with Crippen molar-refractivity contribution in [3.63, 3.8) is 0 Å². The first-order valence-electron chi connectivity index (χ1n) is 9.86. The van der Waals surface area contributed by atoms with Crippen LogP contribution in [0.4, 0.5) is 4.39 Å². The number of benzene rings is 2. The molecule has 166 valence electrons. The van der Waals surface area contributed by atoms with Crippen molar-refractivity contribution in [3.05, 3.63) is 71.7 Å². The highest BCUT2D eigenvalue weighted by Crippen LogP contribution is 2.22. The van der Waals surface area contributed by atoms with Crippen LogP contribution in [0.3, 0.4) is 0 Å². The Morgan fingerprint density at radius 3 is 2.22 bits per heavy atom. The Morgan fingerprint density at radius 2 is 1.56 bits per heavy atom. The normalized spacial score (nSPS) is 14.3. The summed E-state index contributed by atoms with van der Waals surface area (Å²) in [7, 11) is -3.57. The van der Waals surface area contributed by atoms with Gasteiger partial charge in [-0.05, 0) is 61.4 Å². The molecule has 1 fully saturated rings. The van der Waals surface area contributed by atoms with Crippen LogP contribution in [0.25, 0.3) is 11.3 Å². The van der Waals surface area contributed by atoms with Gasteiger partial charge >= 0.3 is 0 Å². The van der Waals surface area contributed by atoms with Gasteiger partial charge in [-0.1, -0.05) is 0 Å². The number of carbonyl (C=O) groups is 2. The number of sulfonamides is 1. The number of hydrazine groups is 1. The molecule has 11 heteroatoms. The van der Waals surface area contributed by atoms with Gasteiger partial charge in [0, 0.05) is 24.2 Å². The zero-order chi connectivity index (χ0) is 22.7. The summed E-state index contributed by atoms with van der Waals surface area (Å²) in [4.78, 5) is 25.0. The number of aromatic amines is 1. The highest BCUT2D eigenvalue weighted by molar-refractivity contribution is 7.89. The molecule has 9 nitrogen and oxygen atoms in total. The lowest BCUT2D eigenvalue weighted by Crippen LogP contribution is -2.41. The minimum Gasteiger partial charge on any atom is -0.277 e. The molecule has 0 atom stereocenters. The third kappa shape index (κ3) is 4.39. The Hall–Kier alpha value is -3.57. The highest BCUT2D eigenvalue weighted by Gasteiger charge is 2.27. The Labute approximate surface area is 183 Å². The molecule has 3 N–H and O–H groups in total. The molecule has 0 bridgehead atoms. The number of hydrogen-bond donors (Lipinski definition) is 3. The minimum atomic E-state index is -3.57. The van der Waals surface area contributed by atoms with E-state index in [4.69, 9.17) is 0 Å². The van der Waals surface area contributed by atoms with Crippen LogP contribution in [0.15, 0.2) is 59.6 Å². The Morgan fingerprint density at radius 1 is 0.938 bits per heavy atom. The number of H-pyrrole nitrogens is 1. The molecule has 0 unspecified atom stereocenters. The summed E-state index contributed by atoms with van der Waals surface area (Å²) in [5.41, 5.74) is 5.84. The van der Waals surface area contributed by atoms with Crippen molar-refractivity contribution < 1.29 is 22.4 Å². The molecule has 0 saturated carbocycles. The van der Waals surface area contributed by atoms with Gasteiger partial charge in [0.1, 0.15) is 5.82 Å². The number of carbonyl (C=O) groups excluding carboxylic acids is 2. The third-order valence-electron chi connectivity index (χ3n) is 5.13. The average molecular weight is 457 g/mol. The van der Waals surface area contributed by atoms with E-state index in [0.717, 1.165) is 12.8 Å². The zero-order valence-corrected chi connectivity index (χ0v) is 17.7. The summed E-state index contributed by atoms with van der Waals surface area (Å²) < 4.78 is 39.7. The van der Waals surface area contributed by atoms with E-state index in [2.05, 4.69) is 21.0 Å². The lowest BCUT2D eigenvalue weighted by Gasteiger charge is -2.15. The first-order valence-corrected chi connectivity index (χ1v) is 11.3. The monoisotopic (exact) mass is 457 g/mol. The van der Waals surface area contributed by atoms with Gasteiger partial charge in [0.15, 0.2) is 0 Å². The number of rotatable bonds is 5. The largest absolute Gasteiger partial charge is 0.277 e. The standard InChI is InChI=1S/C21H20FN5O4S/c22-16-7-3-14(4-8-16)19-18(13-23-24-19)21(29)26-25-20(28)15-5-9-17(10-6-15)32(30,31)27-11-1-2-12-27/h3-10,13H,1-2,11-12H2,(H,23,24)(H,25,28)(H,26,29). The van der Waals surface area contributed by atoms with Gasteiger partial charge in [-0.3, -0.25) is 25.5 Å². The molecule has 4 rings (SSSR count). The van der Waals surface area contributed by atoms with Crippen LogP contribution in [0.2, 0.25) is 0 Å². The second kappa shape index (κ2) is 8.89. The van der Waals surface area contributed by atoms with E-state index < -0.39 is 27.7 Å². The number of nitrogens with zero attached hydrogens (tertiary/aromatic N) is 2. The molecule has 0 aliphatic carbocycles. The SMILES string of the molecule is O=C(NNC(=O)c1cn[nH]c1-c1ccc(F)cc1)c1ccc(S(=O)(=O)N2CCCC2)cc1. The van der Waals surface area contributed by atoms with Gasteiger partial charge in [-0.2, -0.15) is 9.40 Å². The third-order valence-corrected chi connectivity index (χ3v) is 7.04. The molecule has 2 aromatic carbocycles. The maximum Gasteiger partial charge on any atom is 0.273 e. The predicted molar refractivity (Wildman–Crippen MR) is 113 cm³/mol. The van der Waals surface area contributed by atoms with Crippen LogP contribution in [-0.4, -0.2) is 47.8 Å². The van der Waals surface area contributed by atoms with E-state index >= 15 is 0 Å². The zero-order valence-electron chi connectivity index (χ0n) is 16.8. The van der Waals surface area contributed by atoms with Gasteiger partial charge in [0.2, 0.25) is 10.0 Å². The number of amides is 2. The van der Waals surface area contributed by atoms with E-state index in [-0.39, 0.29) is 16.0 Å². The molecular weight excluding hydrogens is 437 g/mol. The quantitative estimate of drug-likeness (QED) is 0.506. The van der Waals surface area contributed by atoms with E-state index in [1.807, 2.05) is 0 Å². The van der Waals surface area contributed by atoms with Crippen molar-refractivity contribution in [2.24, 2.45) is 0 Å². The topological polar surface area (TPSA) is 124 Å². The Balaban J connectivity index is 1.41. The number of hydrogen-bond acceptors (Lipinski definition) is 5. The van der Waals surface area contributed by atoms with Crippen molar-refractivity contribution in [3.8, 4) is 11.3 Å². The van der Waals surface area contributed by atoms with Crippen LogP contribution in [0.5, 0.6) is 0 Å². The van der Waals surface area contributed by atoms with Gasteiger partial charge < -0.3 is 0 Å². The molecule has 1 aromatic heterocycles. The first kappa shape index (κ1) is 21.7. The number of halogens is 1. The Kier molecular flexibility index (Phi) is 6.01. The summed E-state index contributed by atoms with van der Waals surface area (Å²) in [6.07, 6.45) is 2.95. The summed E-state index contributed by atoms with van der Waals surface area (Å²) in [5, 5.41) is 6.52. The van der Waals surface area contributed by atoms with Crippen molar-refractivity contribution in [1.29, 1.82) is 0 Å². The molecular formula is C21H20FN5O4S. The lowest BCUT2D eigenvalue weighted by atomic mass is 10.1. The van der Waals surface area contributed by atoms with Crippen molar-refractivity contribution >= 4 is 21.8 Å². The number of aromatic nitrogens is 2. The smallest absolute Gasteiger partial charge is 0.273 e. The van der Waals surface area contributed by atoms with Crippen LogP contribution in [-0.2, 0) is 10.0 Å². The number of nitrogens with one attached hydrogen (secondary N) is 3. The van der Waals surface area contributed by atoms with Crippen LogP contribution < -0.4 is 10.9 Å². The van der Waals surface area contributed by atoms with Gasteiger partial charge in [-0.25, -0.2) is 12.8 Å². The van der Waals surface area contributed by atoms with E-state index in [0.29, 0.717) is 24.3 Å². The predicted octanol–water partition coefficient (Wildman–Crippen LogP) is 2.08. The lowest BCUT2D eigenvalue weighted by molar-refractivity contribution is 0.0847. The molecule has 32 heavy (non-hydrogen) atoms. The Bertz CT molecular complexity index is 1230. The molecule has 1 saturated heterocycles. The average Bonchev–Trinajstić information content (AvgIpc) is 3.50. The summed E-state index contributed by atoms with van der Waals surface area (Å²) in [5.74, 6) is -1.65. The molecule has 0 spiro atoms. The molecule has 2 heterocycles. The maximum absolute atomic E-state index is 13.1. The van der Waals surface area contributed by atoms with Crippen LogP contribution in [0, 0.1) is 5.82 Å².